The van der Waals surface area contributed by atoms with Crippen LogP contribution < -0.4 is 0 Å². The molecular formula is C29H36O4. The number of carbonyl (C=O) groups is 1. The van der Waals surface area contributed by atoms with Crippen LogP contribution >= 0.6 is 0 Å². The average Bonchev–Trinajstić information content (AvgIpc) is 3.09. The van der Waals surface area contributed by atoms with Crippen molar-refractivity contribution >= 4 is 5.97 Å². The van der Waals surface area contributed by atoms with Gasteiger partial charge in [0.2, 0.25) is 0 Å². The molecule has 4 nitrogen and oxygen atoms in total. The molecular weight excluding hydrogens is 412 g/mol. The predicted molar refractivity (Wildman–Crippen MR) is 132 cm³/mol. The van der Waals surface area contributed by atoms with Crippen LogP contribution in [-0.2, 0) is 4.79 Å². The number of benzene rings is 2. The van der Waals surface area contributed by atoms with Crippen LogP contribution in [0.25, 0.3) is 11.1 Å². The Morgan fingerprint density at radius 3 is 2.06 bits per heavy atom. The molecule has 176 valence electrons. The van der Waals surface area contributed by atoms with Gasteiger partial charge in [-0.25, -0.2) is 0 Å². The van der Waals surface area contributed by atoms with E-state index in [0.29, 0.717) is 12.8 Å². The molecule has 1 aliphatic rings. The standard InChI is InChI=1S/C29H36O4/c30-27-21-28(31)26(25(27)14-8-1-2-10-16-29(32)33)15-9-3-5-11-22-17-19-24(20-18-22)23-12-6-4-7-13-23/h4,6-7,12-13,17-20,25-28,30-31H,1-3,8-10,14-16,21H2,(H,32,33)/t25?,26?,27-,28+/m0/s1. The molecule has 0 aromatic heterocycles. The van der Waals surface area contributed by atoms with Gasteiger partial charge in [0.15, 0.2) is 0 Å². The molecule has 0 aliphatic heterocycles. The van der Waals surface area contributed by atoms with E-state index in [2.05, 4.69) is 48.2 Å². The Kier molecular flexibility index (Phi) is 10.00. The number of hydrogen-bond acceptors (Lipinski definition) is 3. The quantitative estimate of drug-likeness (QED) is 0.306. The molecule has 4 atom stereocenters. The minimum absolute atomic E-state index is 0.131. The zero-order valence-corrected chi connectivity index (χ0v) is 19.3. The zero-order valence-electron chi connectivity index (χ0n) is 19.3. The van der Waals surface area contributed by atoms with Crippen LogP contribution in [0, 0.1) is 23.7 Å². The van der Waals surface area contributed by atoms with E-state index >= 15 is 0 Å². The van der Waals surface area contributed by atoms with Crippen LogP contribution in [0.5, 0.6) is 0 Å². The normalized spacial score (nSPS) is 22.0. The minimum atomic E-state index is -0.739. The van der Waals surface area contributed by atoms with E-state index in [4.69, 9.17) is 5.11 Å². The van der Waals surface area contributed by atoms with Crippen molar-refractivity contribution in [1.29, 1.82) is 0 Å². The first-order valence-corrected chi connectivity index (χ1v) is 12.3. The summed E-state index contributed by atoms with van der Waals surface area (Å²) in [5.74, 6) is 6.03. The Labute approximate surface area is 197 Å². The summed E-state index contributed by atoms with van der Waals surface area (Å²) in [6.45, 7) is 0. The Balaban J connectivity index is 1.40. The highest BCUT2D eigenvalue weighted by Gasteiger charge is 2.40. The van der Waals surface area contributed by atoms with E-state index < -0.39 is 18.2 Å². The third kappa shape index (κ3) is 8.03. The van der Waals surface area contributed by atoms with E-state index in [1.165, 1.54) is 11.1 Å². The van der Waals surface area contributed by atoms with Crippen LogP contribution in [0.3, 0.4) is 0 Å². The zero-order chi connectivity index (χ0) is 23.5. The molecule has 3 rings (SSSR count). The molecule has 0 radical (unpaired) electrons. The number of unbranched alkanes of at least 4 members (excludes halogenated alkanes) is 4. The molecule has 1 aliphatic carbocycles. The molecule has 4 heteroatoms. The van der Waals surface area contributed by atoms with Gasteiger partial charge in [0.1, 0.15) is 0 Å². The molecule has 2 aromatic rings. The lowest BCUT2D eigenvalue weighted by atomic mass is 9.85. The highest BCUT2D eigenvalue weighted by atomic mass is 16.4. The molecule has 0 bridgehead atoms. The van der Waals surface area contributed by atoms with Crippen molar-refractivity contribution in [2.75, 3.05) is 0 Å². The van der Waals surface area contributed by atoms with Crippen LogP contribution in [0.4, 0.5) is 0 Å². The molecule has 0 saturated heterocycles. The van der Waals surface area contributed by atoms with Crippen molar-refractivity contribution in [3.05, 3.63) is 60.2 Å². The van der Waals surface area contributed by atoms with Crippen molar-refractivity contribution in [3.63, 3.8) is 0 Å². The number of aliphatic hydroxyl groups excluding tert-OH is 2. The number of carboxylic acid groups (broad SMARTS) is 1. The highest BCUT2D eigenvalue weighted by Crippen LogP contribution is 2.39. The van der Waals surface area contributed by atoms with E-state index in [9.17, 15) is 15.0 Å². The van der Waals surface area contributed by atoms with E-state index in [-0.39, 0.29) is 18.3 Å². The summed E-state index contributed by atoms with van der Waals surface area (Å²) in [5.41, 5.74) is 3.39. The second kappa shape index (κ2) is 13.2. The van der Waals surface area contributed by atoms with Crippen molar-refractivity contribution in [1.82, 2.24) is 0 Å². The number of aliphatic carboxylic acids is 1. The Morgan fingerprint density at radius 1 is 0.788 bits per heavy atom. The lowest BCUT2D eigenvalue weighted by Gasteiger charge is -2.23. The second-order valence-corrected chi connectivity index (χ2v) is 9.18. The van der Waals surface area contributed by atoms with E-state index in [1.54, 1.807) is 0 Å². The summed E-state index contributed by atoms with van der Waals surface area (Å²) in [5, 5.41) is 29.5. The van der Waals surface area contributed by atoms with Gasteiger partial charge in [0.25, 0.3) is 0 Å². The highest BCUT2D eigenvalue weighted by molar-refractivity contribution is 5.66. The monoisotopic (exact) mass is 448 g/mol. The molecule has 0 heterocycles. The van der Waals surface area contributed by atoms with E-state index in [1.807, 2.05) is 18.2 Å². The molecule has 3 N–H and O–H groups in total. The van der Waals surface area contributed by atoms with Crippen molar-refractivity contribution in [3.8, 4) is 23.0 Å². The fourth-order valence-corrected chi connectivity index (χ4v) is 4.96. The lowest BCUT2D eigenvalue weighted by molar-refractivity contribution is -0.137. The third-order valence-electron chi connectivity index (χ3n) is 6.76. The van der Waals surface area contributed by atoms with Gasteiger partial charge >= 0.3 is 5.97 Å². The molecule has 1 saturated carbocycles. The van der Waals surface area contributed by atoms with Crippen LogP contribution in [-0.4, -0.2) is 33.5 Å². The SMILES string of the molecule is O=C(O)CCCCCCC1C(CCCC#Cc2ccc(-c3ccccc3)cc2)[C@H](O)C[C@@H]1O. The van der Waals surface area contributed by atoms with Gasteiger partial charge in [-0.15, -0.1) is 0 Å². The number of aliphatic hydroxyl groups is 2. The average molecular weight is 449 g/mol. The Bertz CT molecular complexity index is 910. The molecule has 0 amide bonds. The van der Waals surface area contributed by atoms with Gasteiger partial charge in [0, 0.05) is 18.4 Å². The summed E-state index contributed by atoms with van der Waals surface area (Å²) >= 11 is 0. The van der Waals surface area contributed by atoms with Crippen LogP contribution in [0.15, 0.2) is 54.6 Å². The first-order valence-electron chi connectivity index (χ1n) is 12.3. The fourth-order valence-electron chi connectivity index (χ4n) is 4.96. The predicted octanol–water partition coefficient (Wildman–Crippen LogP) is 5.66. The third-order valence-corrected chi connectivity index (χ3v) is 6.76. The summed E-state index contributed by atoms with van der Waals surface area (Å²) in [6.07, 6.45) is 6.87. The second-order valence-electron chi connectivity index (χ2n) is 9.18. The largest absolute Gasteiger partial charge is 0.481 e. The van der Waals surface area contributed by atoms with Gasteiger partial charge in [0.05, 0.1) is 12.2 Å². The van der Waals surface area contributed by atoms with Gasteiger partial charge in [-0.3, -0.25) is 4.79 Å². The van der Waals surface area contributed by atoms with Crippen LogP contribution in [0.1, 0.15) is 69.8 Å². The molecule has 2 unspecified atom stereocenters. The first-order chi connectivity index (χ1) is 16.0. The Morgan fingerprint density at radius 2 is 1.39 bits per heavy atom. The summed E-state index contributed by atoms with van der Waals surface area (Å²) < 4.78 is 0. The molecule has 2 aromatic carbocycles. The smallest absolute Gasteiger partial charge is 0.303 e. The maximum atomic E-state index is 10.6. The van der Waals surface area contributed by atoms with Crippen molar-refractivity contribution in [2.45, 2.75) is 76.4 Å². The number of hydrogen-bond donors (Lipinski definition) is 3. The summed E-state index contributed by atoms with van der Waals surface area (Å²) in [7, 11) is 0. The first kappa shape index (κ1) is 25.0. The summed E-state index contributed by atoms with van der Waals surface area (Å²) in [4.78, 5) is 10.6. The number of carboxylic acids is 1. The Hall–Kier alpha value is -2.61. The van der Waals surface area contributed by atoms with Gasteiger partial charge in [-0.05, 0) is 67.2 Å². The minimum Gasteiger partial charge on any atom is -0.481 e. The summed E-state index contributed by atoms with van der Waals surface area (Å²) in [6, 6.07) is 18.6. The lowest BCUT2D eigenvalue weighted by Crippen LogP contribution is -2.22. The van der Waals surface area contributed by atoms with Gasteiger partial charge < -0.3 is 15.3 Å². The van der Waals surface area contributed by atoms with Crippen LogP contribution in [0.2, 0.25) is 0 Å². The maximum Gasteiger partial charge on any atom is 0.303 e. The molecule has 33 heavy (non-hydrogen) atoms. The van der Waals surface area contributed by atoms with Gasteiger partial charge in [-0.1, -0.05) is 73.6 Å². The number of rotatable bonds is 11. The molecule has 1 fully saturated rings. The van der Waals surface area contributed by atoms with Crippen molar-refractivity contribution in [2.24, 2.45) is 11.8 Å². The van der Waals surface area contributed by atoms with E-state index in [0.717, 1.165) is 50.5 Å². The molecule has 0 spiro atoms. The van der Waals surface area contributed by atoms with Crippen molar-refractivity contribution < 1.29 is 20.1 Å². The topological polar surface area (TPSA) is 77.8 Å². The van der Waals surface area contributed by atoms with Gasteiger partial charge in [-0.2, -0.15) is 0 Å². The maximum absolute atomic E-state index is 10.6. The fraction of sp³-hybridized carbons (Fsp3) is 0.483.